The topological polar surface area (TPSA) is 101 Å². The summed E-state index contributed by atoms with van der Waals surface area (Å²) in [7, 11) is 0. The fourth-order valence-corrected chi connectivity index (χ4v) is 2.64. The van der Waals surface area contributed by atoms with Crippen LogP contribution in [-0.4, -0.2) is 16.7 Å². The molecule has 3 rings (SSSR count). The maximum absolute atomic E-state index is 12.3. The Morgan fingerprint density at radius 3 is 1.93 bits per heavy atom. The molecule has 0 saturated heterocycles. The second kappa shape index (κ2) is 8.32. The molecule has 0 atom stereocenters. The highest BCUT2D eigenvalue weighted by Gasteiger charge is 2.11. The minimum absolute atomic E-state index is 0.0951. The van der Waals surface area contributed by atoms with Gasteiger partial charge >= 0.3 is 0 Å². The Hall–Kier alpha value is -3.71. The molecule has 0 aliphatic heterocycles. The van der Waals surface area contributed by atoms with E-state index in [9.17, 15) is 19.7 Å². The van der Waals surface area contributed by atoms with Gasteiger partial charge in [-0.3, -0.25) is 19.7 Å². The third kappa shape index (κ3) is 4.72. The predicted molar refractivity (Wildman–Crippen MR) is 107 cm³/mol. The summed E-state index contributed by atoms with van der Waals surface area (Å²) in [6.07, 6.45) is 0. The highest BCUT2D eigenvalue weighted by molar-refractivity contribution is 6.31. The number of benzene rings is 3. The monoisotopic (exact) mass is 395 g/mol. The van der Waals surface area contributed by atoms with Crippen molar-refractivity contribution in [3.8, 4) is 0 Å². The van der Waals surface area contributed by atoms with Crippen molar-refractivity contribution in [1.29, 1.82) is 0 Å². The third-order valence-electron chi connectivity index (χ3n) is 3.81. The molecule has 7 nitrogen and oxygen atoms in total. The van der Waals surface area contributed by atoms with Gasteiger partial charge in [-0.1, -0.05) is 23.7 Å². The van der Waals surface area contributed by atoms with Gasteiger partial charge in [0.2, 0.25) is 0 Å². The van der Waals surface area contributed by atoms with Gasteiger partial charge in [0, 0.05) is 39.7 Å². The van der Waals surface area contributed by atoms with E-state index in [4.69, 9.17) is 11.6 Å². The van der Waals surface area contributed by atoms with Gasteiger partial charge in [0.1, 0.15) is 0 Å². The van der Waals surface area contributed by atoms with Crippen LogP contribution in [0.3, 0.4) is 0 Å². The number of nitrogens with zero attached hydrogens (tertiary/aromatic N) is 1. The summed E-state index contributed by atoms with van der Waals surface area (Å²) >= 11 is 5.89. The minimum atomic E-state index is -0.534. The number of rotatable bonds is 5. The van der Waals surface area contributed by atoms with E-state index in [-0.39, 0.29) is 17.2 Å². The molecule has 0 unspecified atom stereocenters. The number of halogens is 1. The van der Waals surface area contributed by atoms with Crippen LogP contribution in [0.2, 0.25) is 5.02 Å². The molecule has 3 aromatic rings. The molecule has 0 aliphatic carbocycles. The lowest BCUT2D eigenvalue weighted by molar-refractivity contribution is -0.384. The number of anilines is 2. The molecule has 2 N–H and O–H groups in total. The Morgan fingerprint density at radius 2 is 1.36 bits per heavy atom. The summed E-state index contributed by atoms with van der Waals surface area (Å²) in [4.78, 5) is 34.7. The minimum Gasteiger partial charge on any atom is -0.322 e. The summed E-state index contributed by atoms with van der Waals surface area (Å²) in [5.41, 5.74) is 1.55. The van der Waals surface area contributed by atoms with Gasteiger partial charge in [0.05, 0.1) is 4.92 Å². The Balaban J connectivity index is 1.69. The SMILES string of the molecule is O=C(Nc1cccc(NC(=O)c2cccc(Cl)c2)c1)c1ccc([N+](=O)[O-])cc1. The van der Waals surface area contributed by atoms with Crippen LogP contribution in [0, 0.1) is 10.1 Å². The molecular weight excluding hydrogens is 382 g/mol. The van der Waals surface area contributed by atoms with Gasteiger partial charge in [0.25, 0.3) is 17.5 Å². The van der Waals surface area contributed by atoms with E-state index < -0.39 is 10.8 Å². The number of hydrogen-bond donors (Lipinski definition) is 2. The second-order valence-electron chi connectivity index (χ2n) is 5.80. The summed E-state index contributed by atoms with van der Waals surface area (Å²) in [5, 5.41) is 16.6. The van der Waals surface area contributed by atoms with Crippen LogP contribution < -0.4 is 10.6 Å². The van der Waals surface area contributed by atoms with E-state index in [1.807, 2.05) is 0 Å². The zero-order valence-corrected chi connectivity index (χ0v) is 15.1. The number of carbonyl (C=O) groups is 2. The Kier molecular flexibility index (Phi) is 5.67. The molecule has 0 fully saturated rings. The van der Waals surface area contributed by atoms with E-state index in [1.165, 1.54) is 24.3 Å². The first kappa shape index (κ1) is 19.1. The molecule has 0 bridgehead atoms. The number of nitrogens with one attached hydrogen (secondary N) is 2. The lowest BCUT2D eigenvalue weighted by atomic mass is 10.2. The average molecular weight is 396 g/mol. The number of nitro groups is 1. The largest absolute Gasteiger partial charge is 0.322 e. The fraction of sp³-hybridized carbons (Fsp3) is 0. The number of amides is 2. The molecule has 8 heteroatoms. The van der Waals surface area contributed by atoms with Crippen molar-refractivity contribution >= 4 is 40.5 Å². The van der Waals surface area contributed by atoms with Crippen LogP contribution in [-0.2, 0) is 0 Å². The quantitative estimate of drug-likeness (QED) is 0.480. The Morgan fingerprint density at radius 1 is 0.786 bits per heavy atom. The van der Waals surface area contributed by atoms with Crippen LogP contribution in [0.25, 0.3) is 0 Å². The van der Waals surface area contributed by atoms with E-state index in [2.05, 4.69) is 10.6 Å². The summed E-state index contributed by atoms with van der Waals surface area (Å²) in [6, 6.07) is 18.4. The molecular formula is C20H14ClN3O4. The van der Waals surface area contributed by atoms with E-state index in [0.29, 0.717) is 22.0 Å². The molecule has 0 radical (unpaired) electrons. The molecule has 0 aliphatic rings. The van der Waals surface area contributed by atoms with Crippen LogP contribution in [0.15, 0.2) is 72.8 Å². The van der Waals surface area contributed by atoms with E-state index in [1.54, 1.807) is 48.5 Å². The van der Waals surface area contributed by atoms with Crippen molar-refractivity contribution in [1.82, 2.24) is 0 Å². The van der Waals surface area contributed by atoms with Crippen LogP contribution in [0.4, 0.5) is 17.1 Å². The molecule has 28 heavy (non-hydrogen) atoms. The molecule has 3 aromatic carbocycles. The maximum Gasteiger partial charge on any atom is 0.269 e. The zero-order valence-electron chi connectivity index (χ0n) is 14.4. The number of hydrogen-bond acceptors (Lipinski definition) is 4. The fourth-order valence-electron chi connectivity index (χ4n) is 2.45. The lowest BCUT2D eigenvalue weighted by Crippen LogP contribution is -2.14. The van der Waals surface area contributed by atoms with Crippen LogP contribution >= 0.6 is 11.6 Å². The average Bonchev–Trinajstić information content (AvgIpc) is 2.68. The Bertz CT molecular complexity index is 1050. The van der Waals surface area contributed by atoms with Gasteiger partial charge in [-0.05, 0) is 48.5 Å². The molecule has 0 heterocycles. The highest BCUT2D eigenvalue weighted by atomic mass is 35.5. The number of nitro benzene ring substituents is 1. The predicted octanol–water partition coefficient (Wildman–Crippen LogP) is 4.75. The second-order valence-corrected chi connectivity index (χ2v) is 6.24. The first-order valence-electron chi connectivity index (χ1n) is 8.15. The third-order valence-corrected chi connectivity index (χ3v) is 4.04. The van der Waals surface area contributed by atoms with Crippen molar-refractivity contribution in [3.05, 3.63) is 99.1 Å². The molecule has 2 amide bonds. The molecule has 0 aromatic heterocycles. The van der Waals surface area contributed by atoms with Gasteiger partial charge in [-0.25, -0.2) is 0 Å². The van der Waals surface area contributed by atoms with E-state index >= 15 is 0 Å². The van der Waals surface area contributed by atoms with Gasteiger partial charge < -0.3 is 10.6 Å². The first-order chi connectivity index (χ1) is 13.4. The van der Waals surface area contributed by atoms with Crippen molar-refractivity contribution in [2.45, 2.75) is 0 Å². The van der Waals surface area contributed by atoms with Crippen molar-refractivity contribution < 1.29 is 14.5 Å². The molecule has 0 saturated carbocycles. The standard InChI is InChI=1S/C20H14ClN3O4/c21-15-4-1-3-14(11-15)20(26)23-17-6-2-5-16(12-17)22-19(25)13-7-9-18(10-8-13)24(27)28/h1-12H,(H,22,25)(H,23,26). The maximum atomic E-state index is 12.3. The first-order valence-corrected chi connectivity index (χ1v) is 8.53. The summed E-state index contributed by atoms with van der Waals surface area (Å²) in [5.74, 6) is -0.755. The smallest absolute Gasteiger partial charge is 0.269 e. The summed E-state index contributed by atoms with van der Waals surface area (Å²) < 4.78 is 0. The van der Waals surface area contributed by atoms with Gasteiger partial charge in [-0.2, -0.15) is 0 Å². The van der Waals surface area contributed by atoms with Crippen molar-refractivity contribution in [2.24, 2.45) is 0 Å². The van der Waals surface area contributed by atoms with Crippen molar-refractivity contribution in [2.75, 3.05) is 10.6 Å². The normalized spacial score (nSPS) is 10.2. The van der Waals surface area contributed by atoms with E-state index in [0.717, 1.165) is 0 Å². The Labute approximate surface area is 165 Å². The number of carbonyl (C=O) groups excluding carboxylic acids is 2. The van der Waals surface area contributed by atoms with Gasteiger partial charge in [-0.15, -0.1) is 0 Å². The lowest BCUT2D eigenvalue weighted by Gasteiger charge is -2.09. The zero-order chi connectivity index (χ0) is 20.1. The molecule has 140 valence electrons. The molecule has 0 spiro atoms. The van der Waals surface area contributed by atoms with Crippen molar-refractivity contribution in [3.63, 3.8) is 0 Å². The summed E-state index contributed by atoms with van der Waals surface area (Å²) in [6.45, 7) is 0. The highest BCUT2D eigenvalue weighted by Crippen LogP contribution is 2.19. The van der Waals surface area contributed by atoms with Gasteiger partial charge in [0.15, 0.2) is 0 Å². The van der Waals surface area contributed by atoms with Crippen LogP contribution in [0.1, 0.15) is 20.7 Å². The van der Waals surface area contributed by atoms with Crippen LogP contribution in [0.5, 0.6) is 0 Å². The number of non-ortho nitro benzene ring substituents is 1.